The maximum Gasteiger partial charge on any atom is 0.416 e. The second-order valence-electron chi connectivity index (χ2n) is 6.92. The van der Waals surface area contributed by atoms with Crippen LogP contribution in [0.4, 0.5) is 13.2 Å². The highest BCUT2D eigenvalue weighted by atomic mass is 32.1. The first-order valence-corrected chi connectivity index (χ1v) is 9.31. The van der Waals surface area contributed by atoms with E-state index in [1.807, 2.05) is 14.1 Å². The lowest BCUT2D eigenvalue weighted by Gasteiger charge is -2.38. The van der Waals surface area contributed by atoms with Crippen LogP contribution in [0.3, 0.4) is 0 Å². The minimum absolute atomic E-state index is 0.0607. The molecule has 1 aliphatic rings. The molecule has 0 aliphatic carbocycles. The van der Waals surface area contributed by atoms with Gasteiger partial charge in [-0.25, -0.2) is 4.79 Å². The standard InChI is InChI=1S/C19H24F3N3O2S/c1-12-15(17(26)27-4)16(13-8-5-6-9-14(13)19(20,21)22)23-18(28)25(12)11-7-10-24(2)3/h5-6,8-9,16H,7,10-11H2,1-4H3,(H,23,28)/p+1/t16-/m0/s1. The fourth-order valence-electron chi connectivity index (χ4n) is 3.26. The zero-order valence-corrected chi connectivity index (χ0v) is 17.1. The molecule has 2 rings (SSSR count). The van der Waals surface area contributed by atoms with Crippen LogP contribution < -0.4 is 10.2 Å². The minimum Gasteiger partial charge on any atom is -0.466 e. The first kappa shape index (κ1) is 22.2. The average molecular weight is 416 g/mol. The Bertz CT molecular complexity index is 778. The van der Waals surface area contributed by atoms with Gasteiger partial charge in [-0.15, -0.1) is 0 Å². The van der Waals surface area contributed by atoms with Gasteiger partial charge in [0.1, 0.15) is 0 Å². The number of alkyl halides is 3. The number of benzene rings is 1. The summed E-state index contributed by atoms with van der Waals surface area (Å²) >= 11 is 5.41. The zero-order valence-electron chi connectivity index (χ0n) is 16.3. The Labute approximate surface area is 168 Å². The number of ether oxygens (including phenoxy) is 1. The predicted octanol–water partition coefficient (Wildman–Crippen LogP) is 1.92. The van der Waals surface area contributed by atoms with Gasteiger partial charge in [-0.1, -0.05) is 18.2 Å². The Morgan fingerprint density at radius 3 is 2.54 bits per heavy atom. The summed E-state index contributed by atoms with van der Waals surface area (Å²) in [5.41, 5.74) is -0.236. The third-order valence-electron chi connectivity index (χ3n) is 4.64. The smallest absolute Gasteiger partial charge is 0.416 e. The molecule has 0 saturated carbocycles. The number of hydrogen-bond acceptors (Lipinski definition) is 3. The number of esters is 1. The van der Waals surface area contributed by atoms with Crippen LogP contribution >= 0.6 is 12.2 Å². The average Bonchev–Trinajstić information content (AvgIpc) is 2.62. The van der Waals surface area contributed by atoms with Crippen molar-refractivity contribution in [1.29, 1.82) is 0 Å². The van der Waals surface area contributed by atoms with Crippen molar-refractivity contribution in [2.45, 2.75) is 25.6 Å². The number of hydrogen-bond donors (Lipinski definition) is 2. The van der Waals surface area contributed by atoms with Crippen LogP contribution in [0.2, 0.25) is 0 Å². The van der Waals surface area contributed by atoms with E-state index in [0.717, 1.165) is 19.0 Å². The van der Waals surface area contributed by atoms with E-state index in [4.69, 9.17) is 17.0 Å². The number of nitrogens with zero attached hydrogens (tertiary/aromatic N) is 1. The number of rotatable bonds is 6. The molecule has 1 atom stereocenters. The van der Waals surface area contributed by atoms with Gasteiger partial charge in [0.25, 0.3) is 0 Å². The molecule has 5 nitrogen and oxygen atoms in total. The fourth-order valence-corrected chi connectivity index (χ4v) is 3.60. The lowest BCUT2D eigenvalue weighted by molar-refractivity contribution is -0.858. The highest BCUT2D eigenvalue weighted by Gasteiger charge is 2.40. The van der Waals surface area contributed by atoms with Crippen LogP contribution in [0.25, 0.3) is 0 Å². The van der Waals surface area contributed by atoms with E-state index in [2.05, 4.69) is 5.32 Å². The van der Waals surface area contributed by atoms with Gasteiger partial charge in [-0.05, 0) is 30.8 Å². The van der Waals surface area contributed by atoms with E-state index in [1.165, 1.54) is 30.2 Å². The molecule has 28 heavy (non-hydrogen) atoms. The Balaban J connectivity index is 2.51. The highest BCUT2D eigenvalue weighted by molar-refractivity contribution is 7.80. The van der Waals surface area contributed by atoms with E-state index in [-0.39, 0.29) is 11.1 Å². The van der Waals surface area contributed by atoms with Gasteiger partial charge in [0.05, 0.1) is 44.9 Å². The van der Waals surface area contributed by atoms with Crippen molar-refractivity contribution in [1.82, 2.24) is 10.2 Å². The second-order valence-corrected chi connectivity index (χ2v) is 7.31. The predicted molar refractivity (Wildman–Crippen MR) is 104 cm³/mol. The number of thiocarbonyl (C=S) groups is 1. The van der Waals surface area contributed by atoms with Crippen molar-refractivity contribution in [2.24, 2.45) is 0 Å². The normalized spacial score (nSPS) is 17.8. The number of methoxy groups -OCH3 is 1. The summed E-state index contributed by atoms with van der Waals surface area (Å²) in [5, 5.41) is 3.21. The number of carbonyl (C=O) groups is 1. The monoisotopic (exact) mass is 416 g/mol. The third kappa shape index (κ3) is 4.82. The van der Waals surface area contributed by atoms with Crippen LogP contribution in [0.5, 0.6) is 0 Å². The Morgan fingerprint density at radius 1 is 1.32 bits per heavy atom. The van der Waals surface area contributed by atoms with Crippen LogP contribution in [0, 0.1) is 0 Å². The molecule has 0 amide bonds. The molecule has 1 aromatic rings. The topological polar surface area (TPSA) is 46.0 Å². The third-order valence-corrected chi connectivity index (χ3v) is 4.98. The molecule has 9 heteroatoms. The van der Waals surface area contributed by atoms with Crippen molar-refractivity contribution in [2.75, 3.05) is 34.3 Å². The fraction of sp³-hybridized carbons (Fsp3) is 0.474. The van der Waals surface area contributed by atoms with Crippen molar-refractivity contribution in [3.63, 3.8) is 0 Å². The van der Waals surface area contributed by atoms with Gasteiger partial charge in [0.15, 0.2) is 5.11 Å². The van der Waals surface area contributed by atoms with Gasteiger partial charge in [0, 0.05) is 18.7 Å². The highest BCUT2D eigenvalue weighted by Crippen LogP contribution is 2.39. The summed E-state index contributed by atoms with van der Waals surface area (Å²) in [5.74, 6) is -0.683. The summed E-state index contributed by atoms with van der Waals surface area (Å²) in [6.07, 6.45) is -3.75. The first-order valence-electron chi connectivity index (χ1n) is 8.90. The molecule has 0 spiro atoms. The van der Waals surface area contributed by atoms with E-state index < -0.39 is 23.8 Å². The lowest BCUT2D eigenvalue weighted by atomic mass is 9.91. The molecule has 0 unspecified atom stereocenters. The summed E-state index contributed by atoms with van der Waals surface area (Å²) in [6, 6.07) is 4.14. The molecule has 0 bridgehead atoms. The van der Waals surface area contributed by atoms with E-state index >= 15 is 0 Å². The Morgan fingerprint density at radius 2 is 1.96 bits per heavy atom. The van der Waals surface area contributed by atoms with Crippen molar-refractivity contribution in [3.05, 3.63) is 46.7 Å². The molecule has 0 fully saturated rings. The molecule has 1 aromatic carbocycles. The largest absolute Gasteiger partial charge is 0.466 e. The lowest BCUT2D eigenvalue weighted by Crippen LogP contribution is -3.05. The van der Waals surface area contributed by atoms with E-state index in [0.29, 0.717) is 17.4 Å². The van der Waals surface area contributed by atoms with Gasteiger partial charge < -0.3 is 19.9 Å². The van der Waals surface area contributed by atoms with Gasteiger partial charge >= 0.3 is 12.1 Å². The number of nitrogens with one attached hydrogen (secondary N) is 2. The van der Waals surface area contributed by atoms with Crippen molar-refractivity contribution in [3.8, 4) is 0 Å². The number of quaternary nitrogens is 1. The number of halogens is 3. The van der Waals surface area contributed by atoms with Gasteiger partial charge in [-0.3, -0.25) is 0 Å². The maximum atomic E-state index is 13.5. The van der Waals surface area contributed by atoms with Crippen LogP contribution in [-0.4, -0.2) is 50.3 Å². The Hall–Kier alpha value is -2.13. The molecule has 0 radical (unpaired) electrons. The summed E-state index contributed by atoms with van der Waals surface area (Å²) in [6.45, 7) is 3.13. The molecule has 154 valence electrons. The number of carbonyl (C=O) groups excluding carboxylic acids is 1. The maximum absolute atomic E-state index is 13.5. The van der Waals surface area contributed by atoms with Crippen molar-refractivity contribution >= 4 is 23.3 Å². The summed E-state index contributed by atoms with van der Waals surface area (Å²) < 4.78 is 45.4. The second kappa shape index (κ2) is 8.91. The van der Waals surface area contributed by atoms with Gasteiger partial charge in [0.2, 0.25) is 0 Å². The molecular formula is C19H25F3N3O2S+. The molecule has 0 aromatic heterocycles. The van der Waals surface area contributed by atoms with E-state index in [1.54, 1.807) is 11.8 Å². The molecular weight excluding hydrogens is 391 g/mol. The first-order chi connectivity index (χ1) is 13.1. The van der Waals surface area contributed by atoms with E-state index in [9.17, 15) is 18.0 Å². The van der Waals surface area contributed by atoms with Crippen LogP contribution in [0.1, 0.15) is 30.5 Å². The SMILES string of the molecule is COC(=O)C1=C(C)N(CCC[NH+](C)C)C(=S)N[C@H]1c1ccccc1C(F)(F)F. The quantitative estimate of drug-likeness (QED) is 0.548. The molecule has 0 saturated heterocycles. The molecule has 1 aliphatic heterocycles. The van der Waals surface area contributed by atoms with Crippen LogP contribution in [0.15, 0.2) is 35.5 Å². The van der Waals surface area contributed by atoms with Crippen LogP contribution in [-0.2, 0) is 15.7 Å². The molecule has 2 N–H and O–H groups in total. The number of allylic oxidation sites excluding steroid dienone is 1. The summed E-state index contributed by atoms with van der Waals surface area (Å²) in [4.78, 5) is 15.5. The summed E-state index contributed by atoms with van der Waals surface area (Å²) in [7, 11) is 5.26. The van der Waals surface area contributed by atoms with Crippen molar-refractivity contribution < 1.29 is 27.6 Å². The van der Waals surface area contributed by atoms with Gasteiger partial charge in [-0.2, -0.15) is 13.2 Å². The zero-order chi connectivity index (χ0) is 21.1. The Kier molecular flexibility index (Phi) is 7.06. The minimum atomic E-state index is -4.55. The molecule has 1 heterocycles.